The average Bonchev–Trinajstić information content (AvgIpc) is 2.22. The third-order valence-corrected chi connectivity index (χ3v) is 2.70. The summed E-state index contributed by atoms with van der Waals surface area (Å²) in [7, 11) is 0. The van der Waals surface area contributed by atoms with Crippen molar-refractivity contribution in [3.8, 4) is 0 Å². The Hall–Kier alpha value is -1.36. The molecule has 0 amide bonds. The minimum Gasteiger partial charge on any atom is -0.396 e. The van der Waals surface area contributed by atoms with E-state index in [0.29, 0.717) is 11.6 Å². The molecule has 1 aromatic rings. The number of aliphatic hydroxyl groups is 1. The van der Waals surface area contributed by atoms with Gasteiger partial charge in [-0.25, -0.2) is 9.97 Å². The molecule has 2 rings (SSSR count). The summed E-state index contributed by atoms with van der Waals surface area (Å²) in [6.07, 6.45) is 7.83. The molecule has 1 heterocycles. The smallest absolute Gasteiger partial charge is 0.224 e. The molecule has 1 aromatic heterocycles. The molecular weight excluding hydrogens is 192 g/mol. The minimum atomic E-state index is -0.839. The molecule has 0 unspecified atom stereocenters. The van der Waals surface area contributed by atoms with Crippen LogP contribution in [0.15, 0.2) is 12.4 Å². The van der Waals surface area contributed by atoms with Gasteiger partial charge in [-0.3, -0.25) is 0 Å². The number of aromatic nitrogens is 2. The van der Waals surface area contributed by atoms with Gasteiger partial charge in [0.25, 0.3) is 0 Å². The second-order valence-corrected chi connectivity index (χ2v) is 4.06. The molecule has 1 aliphatic rings. The molecule has 0 bridgehead atoms. The molecule has 0 spiro atoms. The highest BCUT2D eigenvalue weighted by Gasteiger charge is 2.29. The van der Waals surface area contributed by atoms with Crippen LogP contribution in [0, 0.1) is 0 Å². The summed E-state index contributed by atoms with van der Waals surface area (Å²) in [4.78, 5) is 8.02. The van der Waals surface area contributed by atoms with Crippen molar-refractivity contribution in [2.24, 2.45) is 0 Å². The fraction of sp³-hybridized carbons (Fsp3) is 0.600. The number of hydrogen-bond donors (Lipinski definition) is 3. The standard InChI is InChI=1S/C10H16N4O/c11-8-6-12-9(13-7-8)14-10(15)4-2-1-3-5-10/h6-7,15H,1-5,11H2,(H,12,13,14). The number of anilines is 2. The molecule has 0 saturated heterocycles. The second kappa shape index (κ2) is 4.02. The monoisotopic (exact) mass is 208 g/mol. The van der Waals surface area contributed by atoms with Gasteiger partial charge in [0.15, 0.2) is 0 Å². The molecule has 0 atom stereocenters. The number of hydrogen-bond acceptors (Lipinski definition) is 5. The first-order valence-corrected chi connectivity index (χ1v) is 5.26. The predicted molar refractivity (Wildman–Crippen MR) is 58.1 cm³/mol. The van der Waals surface area contributed by atoms with Crippen molar-refractivity contribution >= 4 is 11.6 Å². The molecule has 0 aromatic carbocycles. The average molecular weight is 208 g/mol. The van der Waals surface area contributed by atoms with E-state index >= 15 is 0 Å². The maximum absolute atomic E-state index is 10.2. The van der Waals surface area contributed by atoms with Crippen molar-refractivity contribution in [1.82, 2.24) is 9.97 Å². The maximum Gasteiger partial charge on any atom is 0.224 e. The molecule has 0 aliphatic heterocycles. The lowest BCUT2D eigenvalue weighted by Crippen LogP contribution is -2.40. The van der Waals surface area contributed by atoms with Gasteiger partial charge in [0.05, 0.1) is 18.1 Å². The number of rotatable bonds is 2. The topological polar surface area (TPSA) is 84.1 Å². The van der Waals surface area contributed by atoms with Crippen LogP contribution in [-0.4, -0.2) is 20.8 Å². The third-order valence-electron chi connectivity index (χ3n) is 2.70. The number of nitrogens with one attached hydrogen (secondary N) is 1. The number of nitrogens with zero attached hydrogens (tertiary/aromatic N) is 2. The normalized spacial score (nSPS) is 19.8. The summed E-state index contributed by atoms with van der Waals surface area (Å²) in [6.45, 7) is 0. The number of nitrogens with two attached hydrogens (primary N) is 1. The Kier molecular flexibility index (Phi) is 2.73. The zero-order valence-corrected chi connectivity index (χ0v) is 8.61. The van der Waals surface area contributed by atoms with Gasteiger partial charge in [0.2, 0.25) is 5.95 Å². The lowest BCUT2D eigenvalue weighted by molar-refractivity contribution is 0.0309. The lowest BCUT2D eigenvalue weighted by atomic mass is 9.92. The van der Waals surface area contributed by atoms with Crippen LogP contribution in [0.25, 0.3) is 0 Å². The van der Waals surface area contributed by atoms with Gasteiger partial charge in [-0.1, -0.05) is 6.42 Å². The van der Waals surface area contributed by atoms with Crippen LogP contribution < -0.4 is 11.1 Å². The largest absolute Gasteiger partial charge is 0.396 e. The molecule has 0 radical (unpaired) electrons. The summed E-state index contributed by atoms with van der Waals surface area (Å²) in [5.74, 6) is 0.439. The van der Waals surface area contributed by atoms with E-state index in [9.17, 15) is 5.11 Å². The maximum atomic E-state index is 10.2. The number of nitrogen functional groups attached to an aromatic ring is 1. The molecule has 82 valence electrons. The highest BCUT2D eigenvalue weighted by Crippen LogP contribution is 2.28. The lowest BCUT2D eigenvalue weighted by Gasteiger charge is -2.32. The van der Waals surface area contributed by atoms with Gasteiger partial charge in [-0.05, 0) is 25.7 Å². The summed E-state index contributed by atoms with van der Waals surface area (Å²) in [5.41, 5.74) is 5.16. The summed E-state index contributed by atoms with van der Waals surface area (Å²) >= 11 is 0. The van der Waals surface area contributed by atoms with Crippen LogP contribution in [0.3, 0.4) is 0 Å². The van der Waals surface area contributed by atoms with E-state index in [-0.39, 0.29) is 0 Å². The zero-order valence-electron chi connectivity index (χ0n) is 8.61. The van der Waals surface area contributed by atoms with Crippen LogP contribution in [0.1, 0.15) is 32.1 Å². The Balaban J connectivity index is 2.03. The molecule has 4 N–H and O–H groups in total. The first-order valence-electron chi connectivity index (χ1n) is 5.26. The second-order valence-electron chi connectivity index (χ2n) is 4.06. The zero-order chi connectivity index (χ0) is 10.7. The van der Waals surface area contributed by atoms with Crippen molar-refractivity contribution in [2.75, 3.05) is 11.1 Å². The van der Waals surface area contributed by atoms with E-state index in [1.165, 1.54) is 18.8 Å². The summed E-state index contributed by atoms with van der Waals surface area (Å²) in [5, 5.41) is 13.1. The molecule has 1 aliphatic carbocycles. The minimum absolute atomic E-state index is 0.439. The SMILES string of the molecule is Nc1cnc(NC2(O)CCCCC2)nc1. The van der Waals surface area contributed by atoms with Gasteiger partial charge in [-0.2, -0.15) is 0 Å². The van der Waals surface area contributed by atoms with Gasteiger partial charge in [0.1, 0.15) is 5.72 Å². The Bertz CT molecular complexity index is 319. The fourth-order valence-electron chi connectivity index (χ4n) is 1.87. The van der Waals surface area contributed by atoms with Crippen LogP contribution in [0.5, 0.6) is 0 Å². The first kappa shape index (κ1) is 10.2. The summed E-state index contributed by atoms with van der Waals surface area (Å²) in [6, 6.07) is 0. The van der Waals surface area contributed by atoms with Crippen molar-refractivity contribution in [1.29, 1.82) is 0 Å². The molecule has 5 nitrogen and oxygen atoms in total. The molecule has 1 fully saturated rings. The first-order chi connectivity index (χ1) is 7.18. The van der Waals surface area contributed by atoms with Gasteiger partial charge >= 0.3 is 0 Å². The third kappa shape index (κ3) is 2.56. The molecule has 5 heteroatoms. The summed E-state index contributed by atoms with van der Waals surface area (Å²) < 4.78 is 0. The quantitative estimate of drug-likeness (QED) is 0.634. The highest BCUT2D eigenvalue weighted by molar-refractivity contribution is 5.36. The Labute approximate surface area is 88.7 Å². The Morgan fingerprint density at radius 3 is 2.40 bits per heavy atom. The Morgan fingerprint density at radius 2 is 1.80 bits per heavy atom. The predicted octanol–water partition coefficient (Wildman–Crippen LogP) is 1.12. The van der Waals surface area contributed by atoms with Gasteiger partial charge in [-0.15, -0.1) is 0 Å². The van der Waals surface area contributed by atoms with E-state index in [0.717, 1.165) is 25.7 Å². The van der Waals surface area contributed by atoms with Crippen molar-refractivity contribution in [3.63, 3.8) is 0 Å². The van der Waals surface area contributed by atoms with Crippen molar-refractivity contribution in [3.05, 3.63) is 12.4 Å². The van der Waals surface area contributed by atoms with Crippen molar-refractivity contribution in [2.45, 2.75) is 37.8 Å². The van der Waals surface area contributed by atoms with E-state index in [1.807, 2.05) is 0 Å². The van der Waals surface area contributed by atoms with E-state index < -0.39 is 5.72 Å². The van der Waals surface area contributed by atoms with Crippen LogP contribution in [0.2, 0.25) is 0 Å². The van der Waals surface area contributed by atoms with E-state index in [2.05, 4.69) is 15.3 Å². The highest BCUT2D eigenvalue weighted by atomic mass is 16.3. The molecule has 15 heavy (non-hydrogen) atoms. The van der Waals surface area contributed by atoms with Gasteiger partial charge in [0, 0.05) is 0 Å². The fourth-order valence-corrected chi connectivity index (χ4v) is 1.87. The van der Waals surface area contributed by atoms with Gasteiger partial charge < -0.3 is 16.2 Å². The van der Waals surface area contributed by atoms with E-state index in [4.69, 9.17) is 5.73 Å². The van der Waals surface area contributed by atoms with Crippen molar-refractivity contribution < 1.29 is 5.11 Å². The van der Waals surface area contributed by atoms with Crippen LogP contribution in [0.4, 0.5) is 11.6 Å². The van der Waals surface area contributed by atoms with Crippen LogP contribution >= 0.6 is 0 Å². The Morgan fingerprint density at radius 1 is 1.20 bits per heavy atom. The van der Waals surface area contributed by atoms with E-state index in [1.54, 1.807) is 0 Å². The molecule has 1 saturated carbocycles. The molecular formula is C10H16N4O. The van der Waals surface area contributed by atoms with Crippen LogP contribution in [-0.2, 0) is 0 Å².